The highest BCUT2D eigenvalue weighted by atomic mass is 35.5. The number of aliphatic imine (C=N–C) groups is 1. The second kappa shape index (κ2) is 8.61. The van der Waals surface area contributed by atoms with E-state index in [2.05, 4.69) is 15.3 Å². The Kier molecular flexibility index (Phi) is 6.05. The number of aromatic nitrogens is 1. The summed E-state index contributed by atoms with van der Waals surface area (Å²) in [6, 6.07) is 11.8. The van der Waals surface area contributed by atoms with E-state index in [0.717, 1.165) is 16.3 Å². The largest absolute Gasteiger partial charge is 0.379 e. The molecule has 1 aromatic heterocycles. The molecule has 1 atom stereocenters. The highest BCUT2D eigenvalue weighted by Gasteiger charge is 2.32. The molecule has 1 aliphatic heterocycles. The van der Waals surface area contributed by atoms with Gasteiger partial charge in [-0.15, -0.1) is 11.3 Å². The van der Waals surface area contributed by atoms with E-state index in [1.165, 1.54) is 29.2 Å². The van der Waals surface area contributed by atoms with Gasteiger partial charge in [0, 0.05) is 27.6 Å². The van der Waals surface area contributed by atoms with E-state index in [1.54, 1.807) is 31.2 Å². The van der Waals surface area contributed by atoms with Gasteiger partial charge in [-0.2, -0.15) is 0 Å². The molecule has 0 radical (unpaired) electrons. The van der Waals surface area contributed by atoms with E-state index in [0.29, 0.717) is 38.4 Å². The number of nitrogens with zero attached hydrogens (tertiary/aromatic N) is 2. The molecule has 1 amide bonds. The average Bonchev–Trinajstić information content (AvgIpc) is 3.11. The van der Waals surface area contributed by atoms with Gasteiger partial charge in [0.1, 0.15) is 15.7 Å². The Hall–Kier alpha value is -2.42. The van der Waals surface area contributed by atoms with Gasteiger partial charge in [-0.25, -0.2) is 9.37 Å². The van der Waals surface area contributed by atoms with Crippen LogP contribution in [0.25, 0.3) is 10.6 Å². The van der Waals surface area contributed by atoms with E-state index in [1.807, 2.05) is 19.1 Å². The number of aryl methyl sites for hydroxylation is 1. The number of hydrogen-bond acceptors (Lipinski definition) is 6. The normalized spacial score (nSPS) is 18.5. The summed E-state index contributed by atoms with van der Waals surface area (Å²) in [5.74, 6) is 0.0955. The molecule has 9 heteroatoms. The number of thioether (sulfide) groups is 1. The number of hydrogen-bond donors (Lipinski definition) is 2. The van der Waals surface area contributed by atoms with Crippen molar-refractivity contribution in [2.75, 3.05) is 11.1 Å². The minimum absolute atomic E-state index is 0.292. The summed E-state index contributed by atoms with van der Waals surface area (Å²) in [6.07, 6.45) is 0.658. The third-order valence-corrected chi connectivity index (χ3v) is 7.35. The van der Waals surface area contributed by atoms with Crippen LogP contribution in [0.4, 0.5) is 10.1 Å². The van der Waals surface area contributed by atoms with Crippen LogP contribution in [0.3, 0.4) is 0 Å². The summed E-state index contributed by atoms with van der Waals surface area (Å²) in [5.41, 5.74) is 7.54. The summed E-state index contributed by atoms with van der Waals surface area (Å²) < 4.78 is 14.6. The summed E-state index contributed by atoms with van der Waals surface area (Å²) in [6.45, 7) is 3.65. The second-order valence-electron chi connectivity index (χ2n) is 7.41. The fourth-order valence-corrected chi connectivity index (χ4v) is 5.47. The van der Waals surface area contributed by atoms with E-state index >= 15 is 0 Å². The number of benzene rings is 2. The Morgan fingerprint density at radius 3 is 2.71 bits per heavy atom. The number of amides is 1. The van der Waals surface area contributed by atoms with Crippen LogP contribution in [-0.2, 0) is 5.54 Å². The van der Waals surface area contributed by atoms with Gasteiger partial charge >= 0.3 is 0 Å². The lowest BCUT2D eigenvalue weighted by atomic mass is 9.89. The third-order valence-electron chi connectivity index (χ3n) is 5.09. The van der Waals surface area contributed by atoms with Gasteiger partial charge in [0.2, 0.25) is 0 Å². The van der Waals surface area contributed by atoms with Crippen molar-refractivity contribution in [3.8, 4) is 10.6 Å². The van der Waals surface area contributed by atoms with Crippen molar-refractivity contribution in [3.63, 3.8) is 0 Å². The van der Waals surface area contributed by atoms with Crippen LogP contribution in [-0.4, -0.2) is 21.8 Å². The summed E-state index contributed by atoms with van der Waals surface area (Å²) in [7, 11) is 0. The molecule has 3 aromatic rings. The molecule has 1 aliphatic rings. The van der Waals surface area contributed by atoms with Crippen molar-refractivity contribution in [1.82, 2.24) is 4.98 Å². The number of anilines is 1. The molecule has 1 unspecified atom stereocenters. The number of nitrogens with two attached hydrogens (primary N) is 1. The lowest BCUT2D eigenvalue weighted by molar-refractivity contribution is 0.102. The molecule has 3 N–H and O–H groups in total. The van der Waals surface area contributed by atoms with Crippen LogP contribution in [0.1, 0.15) is 34.3 Å². The average molecular weight is 475 g/mol. The number of thiazole rings is 1. The predicted octanol–water partition coefficient (Wildman–Crippen LogP) is 5.83. The van der Waals surface area contributed by atoms with Gasteiger partial charge in [-0.3, -0.25) is 9.79 Å². The van der Waals surface area contributed by atoms with Crippen molar-refractivity contribution in [1.29, 1.82) is 0 Å². The van der Waals surface area contributed by atoms with E-state index < -0.39 is 5.54 Å². The number of nitrogens with one attached hydrogen (secondary N) is 1. The smallest absolute Gasteiger partial charge is 0.267 e. The Balaban J connectivity index is 1.60. The number of rotatable bonds is 4. The van der Waals surface area contributed by atoms with Crippen molar-refractivity contribution >= 4 is 51.5 Å². The number of halogens is 2. The summed E-state index contributed by atoms with van der Waals surface area (Å²) in [4.78, 5) is 22.4. The molecule has 5 nitrogen and oxygen atoms in total. The van der Waals surface area contributed by atoms with E-state index in [4.69, 9.17) is 17.3 Å². The van der Waals surface area contributed by atoms with Gasteiger partial charge in [0.25, 0.3) is 5.91 Å². The minimum atomic E-state index is -0.762. The maximum atomic E-state index is 14.6. The zero-order chi connectivity index (χ0) is 22.2. The Morgan fingerprint density at radius 2 is 2.00 bits per heavy atom. The lowest BCUT2D eigenvalue weighted by Crippen LogP contribution is -2.29. The van der Waals surface area contributed by atoms with Gasteiger partial charge in [-0.05, 0) is 50.6 Å². The van der Waals surface area contributed by atoms with Crippen LogP contribution in [0.2, 0.25) is 5.02 Å². The van der Waals surface area contributed by atoms with Crippen LogP contribution in [0.5, 0.6) is 0 Å². The van der Waals surface area contributed by atoms with Gasteiger partial charge in [0.05, 0.1) is 11.2 Å². The molecule has 2 aromatic carbocycles. The summed E-state index contributed by atoms with van der Waals surface area (Å²) >= 11 is 8.71. The number of carbonyl (C=O) groups excluding carboxylic acids is 1. The Morgan fingerprint density at radius 1 is 1.26 bits per heavy atom. The molecule has 0 fully saturated rings. The van der Waals surface area contributed by atoms with Gasteiger partial charge in [-0.1, -0.05) is 35.5 Å². The van der Waals surface area contributed by atoms with Gasteiger partial charge in [0.15, 0.2) is 5.17 Å². The zero-order valence-corrected chi connectivity index (χ0v) is 19.3. The van der Waals surface area contributed by atoms with Crippen molar-refractivity contribution in [3.05, 3.63) is 69.4 Å². The Bertz CT molecular complexity index is 1180. The number of amidine groups is 1. The maximum Gasteiger partial charge on any atom is 0.267 e. The molecule has 0 bridgehead atoms. The van der Waals surface area contributed by atoms with Crippen LogP contribution in [0.15, 0.2) is 47.5 Å². The molecule has 4 rings (SSSR count). The SMILES string of the molecule is Cc1nc(-c2ccc(Cl)cc2)sc1C(=O)Nc1ccc(F)c(C2(C)CCSC(N)=N2)c1. The highest BCUT2D eigenvalue weighted by molar-refractivity contribution is 8.13. The summed E-state index contributed by atoms with van der Waals surface area (Å²) in [5, 5.41) is 4.68. The molecule has 2 heterocycles. The van der Waals surface area contributed by atoms with Crippen molar-refractivity contribution < 1.29 is 9.18 Å². The minimum Gasteiger partial charge on any atom is -0.379 e. The zero-order valence-electron chi connectivity index (χ0n) is 16.9. The van der Waals surface area contributed by atoms with Crippen molar-refractivity contribution in [2.24, 2.45) is 10.7 Å². The molecule has 160 valence electrons. The first-order valence-corrected chi connectivity index (χ1v) is 11.8. The fraction of sp³-hybridized carbons (Fsp3) is 0.227. The quantitative estimate of drug-likeness (QED) is 0.498. The highest BCUT2D eigenvalue weighted by Crippen LogP contribution is 2.37. The second-order valence-corrected chi connectivity index (χ2v) is 9.96. The first-order chi connectivity index (χ1) is 14.7. The topological polar surface area (TPSA) is 80.4 Å². The molecule has 0 saturated heterocycles. The van der Waals surface area contributed by atoms with E-state index in [-0.39, 0.29) is 11.7 Å². The Labute approximate surface area is 192 Å². The maximum absolute atomic E-state index is 14.6. The third kappa shape index (κ3) is 4.61. The molecule has 0 saturated carbocycles. The monoisotopic (exact) mass is 474 g/mol. The lowest BCUT2D eigenvalue weighted by Gasteiger charge is -2.30. The van der Waals surface area contributed by atoms with Gasteiger partial charge < -0.3 is 11.1 Å². The van der Waals surface area contributed by atoms with E-state index in [9.17, 15) is 9.18 Å². The molecule has 0 spiro atoms. The van der Waals surface area contributed by atoms with Crippen LogP contribution < -0.4 is 11.1 Å². The molecule has 0 aliphatic carbocycles. The van der Waals surface area contributed by atoms with Crippen LogP contribution in [0, 0.1) is 12.7 Å². The molecule has 31 heavy (non-hydrogen) atoms. The standard InChI is InChI=1S/C22H20ClFN4OS2/c1-12-18(31-20(26-12)13-3-5-14(23)6-4-13)19(29)27-15-7-8-17(24)16(11-15)22(2)9-10-30-21(25)28-22/h3-8,11H,9-10H2,1-2H3,(H2,25,28)(H,27,29). The first-order valence-electron chi connectivity index (χ1n) is 9.58. The van der Waals surface area contributed by atoms with Crippen molar-refractivity contribution in [2.45, 2.75) is 25.8 Å². The fourth-order valence-electron chi connectivity index (χ4n) is 3.41. The van der Waals surface area contributed by atoms with Crippen LogP contribution >= 0.6 is 34.7 Å². The predicted molar refractivity (Wildman–Crippen MR) is 128 cm³/mol. The first kappa shape index (κ1) is 21.8. The number of carbonyl (C=O) groups is 1. The molecular weight excluding hydrogens is 455 g/mol. The molecular formula is C22H20ClFN4OS2.